The molecule has 2 N–H and O–H groups in total. The first-order valence-electron chi connectivity index (χ1n) is 6.83. The van der Waals surface area contributed by atoms with E-state index in [1.54, 1.807) is 24.5 Å². The number of benzene rings is 1. The van der Waals surface area contributed by atoms with E-state index in [2.05, 4.69) is 21.3 Å². The molecule has 0 saturated heterocycles. The van der Waals surface area contributed by atoms with Crippen LogP contribution in [0.2, 0.25) is 0 Å². The molecule has 0 fully saturated rings. The molecule has 3 rings (SSSR count). The Hall–Kier alpha value is -2.67. The lowest BCUT2D eigenvalue weighted by Crippen LogP contribution is -2.16. The van der Waals surface area contributed by atoms with Crippen LogP contribution < -0.4 is 4.72 Å². The number of H-pyrrole nitrogens is 1. The molecule has 5 nitrogen and oxygen atoms in total. The molecule has 0 aliphatic carbocycles. The van der Waals surface area contributed by atoms with Gasteiger partial charge in [-0.1, -0.05) is 12.1 Å². The Bertz CT molecular complexity index is 980. The Morgan fingerprint density at radius 1 is 1.30 bits per heavy atom. The number of pyridine rings is 1. The number of halogens is 1. The number of hydrogen-bond acceptors (Lipinski definition) is 3. The zero-order chi connectivity index (χ0) is 16.4. The van der Waals surface area contributed by atoms with Gasteiger partial charge in [0.2, 0.25) is 10.0 Å². The van der Waals surface area contributed by atoms with Gasteiger partial charge in [0.05, 0.1) is 11.4 Å². The van der Waals surface area contributed by atoms with Gasteiger partial charge in [0.15, 0.2) is 0 Å². The minimum Gasteiger partial charge on any atom is -0.346 e. The number of nitrogens with zero attached hydrogens (tertiary/aromatic N) is 1. The number of aromatic nitrogens is 2. The summed E-state index contributed by atoms with van der Waals surface area (Å²) in [6.07, 6.45) is 4.64. The standard InChI is InChI=1S/C16H14FN3O2S/c1-2-9-23(21,22)20-15-4-3-11(10-14(15)17)12-5-7-18-16-13(12)6-8-19-16/h2-8,10,20H,1,9H2,(H,18,19). The van der Waals surface area contributed by atoms with Gasteiger partial charge in [-0.25, -0.2) is 17.8 Å². The van der Waals surface area contributed by atoms with Crippen molar-refractivity contribution in [3.8, 4) is 11.1 Å². The van der Waals surface area contributed by atoms with E-state index in [4.69, 9.17) is 0 Å². The monoisotopic (exact) mass is 331 g/mol. The van der Waals surface area contributed by atoms with Gasteiger partial charge < -0.3 is 4.98 Å². The lowest BCUT2D eigenvalue weighted by atomic mass is 10.0. The van der Waals surface area contributed by atoms with E-state index in [1.165, 1.54) is 18.2 Å². The van der Waals surface area contributed by atoms with Crippen LogP contribution in [-0.2, 0) is 10.0 Å². The number of anilines is 1. The minimum absolute atomic E-state index is 0.0880. The first kappa shape index (κ1) is 15.2. The Morgan fingerprint density at radius 3 is 2.87 bits per heavy atom. The topological polar surface area (TPSA) is 74.8 Å². The molecule has 118 valence electrons. The minimum atomic E-state index is -3.63. The molecule has 0 bridgehead atoms. The highest BCUT2D eigenvalue weighted by atomic mass is 32.2. The van der Waals surface area contributed by atoms with Gasteiger partial charge in [0, 0.05) is 17.8 Å². The number of sulfonamides is 1. The third-order valence-corrected chi connectivity index (χ3v) is 4.55. The second-order valence-corrected chi connectivity index (χ2v) is 6.73. The van der Waals surface area contributed by atoms with Crippen LogP contribution in [0.4, 0.5) is 10.1 Å². The lowest BCUT2D eigenvalue weighted by Gasteiger charge is -2.09. The quantitative estimate of drug-likeness (QED) is 0.705. The molecule has 0 aliphatic heterocycles. The largest absolute Gasteiger partial charge is 0.346 e. The Morgan fingerprint density at radius 2 is 2.13 bits per heavy atom. The smallest absolute Gasteiger partial charge is 0.236 e. The molecule has 0 radical (unpaired) electrons. The molecule has 0 saturated carbocycles. The number of aromatic amines is 1. The highest BCUT2D eigenvalue weighted by molar-refractivity contribution is 7.92. The van der Waals surface area contributed by atoms with Gasteiger partial charge in [-0.3, -0.25) is 4.72 Å². The highest BCUT2D eigenvalue weighted by Crippen LogP contribution is 2.29. The van der Waals surface area contributed by atoms with Crippen LogP contribution in [0.1, 0.15) is 0 Å². The highest BCUT2D eigenvalue weighted by Gasteiger charge is 2.13. The van der Waals surface area contributed by atoms with E-state index in [1.807, 2.05) is 6.07 Å². The summed E-state index contributed by atoms with van der Waals surface area (Å²) < 4.78 is 39.8. The predicted molar refractivity (Wildman–Crippen MR) is 89.1 cm³/mol. The average Bonchev–Trinajstić information content (AvgIpc) is 2.97. The molecule has 2 heterocycles. The average molecular weight is 331 g/mol. The predicted octanol–water partition coefficient (Wildman–Crippen LogP) is 3.30. The first-order chi connectivity index (χ1) is 11.0. The number of fused-ring (bicyclic) bond motifs is 1. The number of nitrogens with one attached hydrogen (secondary N) is 2. The van der Waals surface area contributed by atoms with Crippen LogP contribution in [0.25, 0.3) is 22.2 Å². The molecule has 23 heavy (non-hydrogen) atoms. The Balaban J connectivity index is 2.00. The summed E-state index contributed by atoms with van der Waals surface area (Å²) in [6.45, 7) is 3.37. The molecule has 1 aromatic carbocycles. The summed E-state index contributed by atoms with van der Waals surface area (Å²) in [7, 11) is -3.63. The Kier molecular flexibility index (Phi) is 3.87. The van der Waals surface area contributed by atoms with E-state index in [0.717, 1.165) is 10.9 Å². The van der Waals surface area contributed by atoms with Gasteiger partial charge in [-0.05, 0) is 35.4 Å². The maximum Gasteiger partial charge on any atom is 0.236 e. The summed E-state index contributed by atoms with van der Waals surface area (Å²) in [6, 6.07) is 8.01. The van der Waals surface area contributed by atoms with Crippen molar-refractivity contribution in [2.45, 2.75) is 0 Å². The van der Waals surface area contributed by atoms with Crippen LogP contribution in [0.3, 0.4) is 0 Å². The summed E-state index contributed by atoms with van der Waals surface area (Å²) >= 11 is 0. The zero-order valence-electron chi connectivity index (χ0n) is 12.1. The van der Waals surface area contributed by atoms with Crippen molar-refractivity contribution < 1.29 is 12.8 Å². The van der Waals surface area contributed by atoms with E-state index < -0.39 is 15.8 Å². The van der Waals surface area contributed by atoms with Crippen molar-refractivity contribution in [1.82, 2.24) is 9.97 Å². The fraction of sp³-hybridized carbons (Fsp3) is 0.0625. The molecule has 0 amide bonds. The molecule has 0 unspecified atom stereocenters. The number of hydrogen-bond donors (Lipinski definition) is 2. The fourth-order valence-electron chi connectivity index (χ4n) is 2.34. The van der Waals surface area contributed by atoms with Gasteiger partial charge in [-0.2, -0.15) is 0 Å². The van der Waals surface area contributed by atoms with E-state index in [9.17, 15) is 12.8 Å². The maximum atomic E-state index is 14.3. The molecule has 2 aromatic heterocycles. The first-order valence-corrected chi connectivity index (χ1v) is 8.49. The van der Waals surface area contributed by atoms with Crippen molar-refractivity contribution in [3.63, 3.8) is 0 Å². The van der Waals surface area contributed by atoms with E-state index >= 15 is 0 Å². The molecule has 7 heteroatoms. The van der Waals surface area contributed by atoms with E-state index in [-0.39, 0.29) is 11.4 Å². The zero-order valence-corrected chi connectivity index (χ0v) is 12.9. The van der Waals surface area contributed by atoms with Gasteiger partial charge >= 0.3 is 0 Å². The summed E-state index contributed by atoms with van der Waals surface area (Å²) in [5.74, 6) is -0.918. The van der Waals surface area contributed by atoms with E-state index in [0.29, 0.717) is 11.2 Å². The van der Waals surface area contributed by atoms with Crippen molar-refractivity contribution >= 4 is 26.7 Å². The van der Waals surface area contributed by atoms with Gasteiger partial charge in [0.25, 0.3) is 0 Å². The third-order valence-electron chi connectivity index (χ3n) is 3.34. The lowest BCUT2D eigenvalue weighted by molar-refractivity contribution is 0.601. The van der Waals surface area contributed by atoms with Crippen molar-refractivity contribution in [2.24, 2.45) is 0 Å². The van der Waals surface area contributed by atoms with Crippen LogP contribution in [-0.4, -0.2) is 24.1 Å². The second kappa shape index (κ2) is 5.85. The SMILES string of the molecule is C=CCS(=O)(=O)Nc1ccc(-c2ccnc3[nH]ccc23)cc1F. The summed E-state index contributed by atoms with van der Waals surface area (Å²) in [5, 5.41) is 0.867. The molecule has 0 atom stereocenters. The van der Waals surface area contributed by atoms with Crippen molar-refractivity contribution in [3.05, 3.63) is 61.2 Å². The van der Waals surface area contributed by atoms with Crippen LogP contribution >= 0.6 is 0 Å². The van der Waals surface area contributed by atoms with Crippen molar-refractivity contribution in [1.29, 1.82) is 0 Å². The molecule has 3 aromatic rings. The maximum absolute atomic E-state index is 14.3. The molecule has 0 aliphatic rings. The van der Waals surface area contributed by atoms with Crippen molar-refractivity contribution in [2.75, 3.05) is 10.5 Å². The molecular weight excluding hydrogens is 317 g/mol. The third kappa shape index (κ3) is 3.09. The fourth-order valence-corrected chi connectivity index (χ4v) is 3.24. The molecular formula is C16H14FN3O2S. The normalized spacial score (nSPS) is 11.5. The molecule has 0 spiro atoms. The second-order valence-electron chi connectivity index (χ2n) is 4.97. The number of rotatable bonds is 5. The van der Waals surface area contributed by atoms with Crippen LogP contribution in [0, 0.1) is 5.82 Å². The van der Waals surface area contributed by atoms with Crippen LogP contribution in [0.5, 0.6) is 0 Å². The summed E-state index contributed by atoms with van der Waals surface area (Å²) in [5.41, 5.74) is 2.07. The van der Waals surface area contributed by atoms with Gasteiger partial charge in [-0.15, -0.1) is 6.58 Å². The Labute approximate surface area is 132 Å². The summed E-state index contributed by atoms with van der Waals surface area (Å²) in [4.78, 5) is 7.18. The van der Waals surface area contributed by atoms with Gasteiger partial charge in [0.1, 0.15) is 11.5 Å². The van der Waals surface area contributed by atoms with Crippen LogP contribution in [0.15, 0.2) is 55.4 Å².